The summed E-state index contributed by atoms with van der Waals surface area (Å²) in [6.07, 6.45) is 4.16. The number of amides is 3. The lowest BCUT2D eigenvalue weighted by Gasteiger charge is -2.20. The fraction of sp³-hybridized carbons (Fsp3) is 0.400. The molecule has 1 fully saturated rings. The molecule has 0 unspecified atom stereocenters. The first-order chi connectivity index (χ1) is 16.3. The molecule has 1 N–H and O–H groups in total. The van der Waals surface area contributed by atoms with Gasteiger partial charge in [0.25, 0.3) is 11.8 Å². The maximum Gasteiger partial charge on any atom is 0.261 e. The van der Waals surface area contributed by atoms with E-state index in [-0.39, 0.29) is 35.6 Å². The highest BCUT2D eigenvalue weighted by Crippen LogP contribution is 2.25. The van der Waals surface area contributed by atoms with Crippen molar-refractivity contribution >= 4 is 33.4 Å². The Balaban J connectivity index is 1.33. The van der Waals surface area contributed by atoms with Crippen molar-refractivity contribution in [3.8, 4) is 0 Å². The van der Waals surface area contributed by atoms with E-state index in [1.54, 1.807) is 36.4 Å². The largest absolute Gasteiger partial charge is 0.326 e. The Morgan fingerprint density at radius 1 is 0.941 bits per heavy atom. The average Bonchev–Trinajstić information content (AvgIpc) is 3.01. The Bertz CT molecular complexity index is 1220. The second kappa shape index (κ2) is 10.1. The maximum atomic E-state index is 13.0. The van der Waals surface area contributed by atoms with Crippen LogP contribution in [-0.2, 0) is 14.8 Å². The van der Waals surface area contributed by atoms with E-state index in [9.17, 15) is 22.8 Å². The van der Waals surface area contributed by atoms with E-state index < -0.39 is 10.0 Å². The molecule has 2 heterocycles. The number of nitrogens with zero attached hydrogens (tertiary/aromatic N) is 2. The summed E-state index contributed by atoms with van der Waals surface area (Å²) in [5.41, 5.74) is 2.10. The summed E-state index contributed by atoms with van der Waals surface area (Å²) in [7, 11) is -3.61. The third-order valence-electron chi connectivity index (χ3n) is 6.23. The average molecular weight is 484 g/mol. The van der Waals surface area contributed by atoms with Crippen LogP contribution in [0.5, 0.6) is 0 Å². The van der Waals surface area contributed by atoms with Crippen LogP contribution >= 0.6 is 0 Å². The second-order valence-corrected chi connectivity index (χ2v) is 10.7. The Labute approximate surface area is 200 Å². The van der Waals surface area contributed by atoms with E-state index in [4.69, 9.17) is 0 Å². The van der Waals surface area contributed by atoms with Crippen molar-refractivity contribution in [3.05, 3.63) is 59.2 Å². The monoisotopic (exact) mass is 483 g/mol. The van der Waals surface area contributed by atoms with E-state index >= 15 is 0 Å². The Morgan fingerprint density at radius 3 is 2.38 bits per heavy atom. The highest BCUT2D eigenvalue weighted by Gasteiger charge is 2.35. The molecular weight excluding hydrogens is 454 g/mol. The fourth-order valence-corrected chi connectivity index (χ4v) is 5.96. The lowest BCUT2D eigenvalue weighted by Crippen LogP contribution is -2.32. The smallest absolute Gasteiger partial charge is 0.261 e. The highest BCUT2D eigenvalue weighted by atomic mass is 32.2. The number of hydrogen-bond acceptors (Lipinski definition) is 5. The van der Waals surface area contributed by atoms with Crippen molar-refractivity contribution in [3.63, 3.8) is 0 Å². The van der Waals surface area contributed by atoms with Crippen LogP contribution in [0.25, 0.3) is 0 Å². The molecule has 8 nitrogen and oxygen atoms in total. The van der Waals surface area contributed by atoms with E-state index in [2.05, 4.69) is 5.32 Å². The minimum absolute atomic E-state index is 0.0928. The zero-order valence-electron chi connectivity index (χ0n) is 19.2. The fourth-order valence-electron chi connectivity index (χ4n) is 4.39. The number of imide groups is 1. The number of rotatable bonds is 7. The summed E-state index contributed by atoms with van der Waals surface area (Å²) in [6, 6.07) is 11.4. The maximum absolute atomic E-state index is 13.0. The summed E-state index contributed by atoms with van der Waals surface area (Å²) in [4.78, 5) is 38.9. The van der Waals surface area contributed by atoms with Gasteiger partial charge in [-0.1, -0.05) is 30.5 Å². The SMILES string of the molecule is Cc1ccc2c(c1)C(=O)N(CCCC(=O)Nc1cccc(S(=O)(=O)N3CCCCCC3)c1)C2=O. The summed E-state index contributed by atoms with van der Waals surface area (Å²) in [6.45, 7) is 3.02. The van der Waals surface area contributed by atoms with Gasteiger partial charge < -0.3 is 5.32 Å². The van der Waals surface area contributed by atoms with E-state index in [0.717, 1.165) is 31.2 Å². The van der Waals surface area contributed by atoms with Gasteiger partial charge in [0.1, 0.15) is 0 Å². The standard InChI is InChI=1S/C25H29N3O5S/c1-18-11-12-21-22(16-18)25(31)28(24(21)30)15-7-10-23(29)26-19-8-6-9-20(17-19)34(32,33)27-13-4-2-3-5-14-27/h6,8-9,11-12,16-17H,2-5,7,10,13-15H2,1H3,(H,26,29). The molecule has 0 atom stereocenters. The van der Waals surface area contributed by atoms with Crippen molar-refractivity contribution in [2.24, 2.45) is 0 Å². The van der Waals surface area contributed by atoms with E-state index in [1.807, 2.05) is 6.92 Å². The van der Waals surface area contributed by atoms with Crippen molar-refractivity contribution in [2.75, 3.05) is 25.0 Å². The van der Waals surface area contributed by atoms with Crippen LogP contribution in [-0.4, -0.2) is 55.0 Å². The van der Waals surface area contributed by atoms with Crippen LogP contribution in [0.2, 0.25) is 0 Å². The normalized spacial score (nSPS) is 16.9. The minimum Gasteiger partial charge on any atom is -0.326 e. The van der Waals surface area contributed by atoms with Crippen molar-refractivity contribution < 1.29 is 22.8 Å². The first kappa shape index (κ1) is 24.1. The first-order valence-electron chi connectivity index (χ1n) is 11.6. The van der Waals surface area contributed by atoms with Gasteiger partial charge in [-0.15, -0.1) is 0 Å². The lowest BCUT2D eigenvalue weighted by molar-refractivity contribution is -0.116. The molecular formula is C25H29N3O5S. The van der Waals surface area contributed by atoms with Crippen molar-refractivity contribution in [1.82, 2.24) is 9.21 Å². The predicted octanol–water partition coefficient (Wildman–Crippen LogP) is 3.57. The molecule has 3 amide bonds. The van der Waals surface area contributed by atoms with E-state index in [0.29, 0.717) is 36.3 Å². The van der Waals surface area contributed by atoms with Crippen LogP contribution in [0.1, 0.15) is 64.8 Å². The van der Waals surface area contributed by atoms with Crippen molar-refractivity contribution in [1.29, 1.82) is 0 Å². The number of aryl methyl sites for hydroxylation is 1. The summed E-state index contributed by atoms with van der Waals surface area (Å²) in [5, 5.41) is 2.73. The first-order valence-corrected chi connectivity index (χ1v) is 13.1. The molecule has 1 saturated heterocycles. The highest BCUT2D eigenvalue weighted by molar-refractivity contribution is 7.89. The predicted molar refractivity (Wildman–Crippen MR) is 128 cm³/mol. The van der Waals surface area contributed by atoms with Crippen LogP contribution in [0.3, 0.4) is 0 Å². The molecule has 0 aliphatic carbocycles. The lowest BCUT2D eigenvalue weighted by atomic mass is 10.1. The van der Waals surface area contributed by atoms with Gasteiger partial charge in [0, 0.05) is 31.7 Å². The molecule has 0 bridgehead atoms. The quantitative estimate of drug-likeness (QED) is 0.607. The molecule has 2 aromatic carbocycles. The van der Waals surface area contributed by atoms with Crippen LogP contribution in [0.15, 0.2) is 47.4 Å². The minimum atomic E-state index is -3.61. The van der Waals surface area contributed by atoms with Crippen LogP contribution in [0.4, 0.5) is 5.69 Å². The Kier molecular flexibility index (Phi) is 7.13. The van der Waals surface area contributed by atoms with Gasteiger partial charge >= 0.3 is 0 Å². The van der Waals surface area contributed by atoms with Gasteiger partial charge in [0.15, 0.2) is 0 Å². The zero-order valence-corrected chi connectivity index (χ0v) is 20.1. The van der Waals surface area contributed by atoms with Gasteiger partial charge in [-0.05, 0) is 56.5 Å². The number of benzene rings is 2. The summed E-state index contributed by atoms with van der Waals surface area (Å²) in [5.74, 6) is -0.987. The van der Waals surface area contributed by atoms with Crippen LogP contribution in [0, 0.1) is 6.92 Å². The molecule has 9 heteroatoms. The molecule has 2 aliphatic rings. The second-order valence-electron chi connectivity index (χ2n) is 8.81. The molecule has 34 heavy (non-hydrogen) atoms. The van der Waals surface area contributed by atoms with Crippen LogP contribution < -0.4 is 5.32 Å². The molecule has 2 aromatic rings. The zero-order chi connectivity index (χ0) is 24.3. The molecule has 4 rings (SSSR count). The Hall–Kier alpha value is -3.04. The van der Waals surface area contributed by atoms with Gasteiger partial charge in [0.05, 0.1) is 16.0 Å². The van der Waals surface area contributed by atoms with Gasteiger partial charge in [-0.25, -0.2) is 8.42 Å². The summed E-state index contributed by atoms with van der Waals surface area (Å²) < 4.78 is 27.6. The molecule has 0 saturated carbocycles. The number of carbonyl (C=O) groups excluding carboxylic acids is 3. The van der Waals surface area contributed by atoms with Gasteiger partial charge in [-0.2, -0.15) is 4.31 Å². The third kappa shape index (κ3) is 5.05. The number of anilines is 1. The topological polar surface area (TPSA) is 104 Å². The molecule has 0 spiro atoms. The van der Waals surface area contributed by atoms with Crippen molar-refractivity contribution in [2.45, 2.75) is 50.3 Å². The molecule has 2 aliphatic heterocycles. The molecule has 0 radical (unpaired) electrons. The Morgan fingerprint density at radius 2 is 1.65 bits per heavy atom. The summed E-state index contributed by atoms with van der Waals surface area (Å²) >= 11 is 0. The molecule has 180 valence electrons. The number of nitrogens with one attached hydrogen (secondary N) is 1. The molecule has 0 aromatic heterocycles. The number of carbonyl (C=O) groups is 3. The third-order valence-corrected chi connectivity index (χ3v) is 8.13. The van der Waals surface area contributed by atoms with Gasteiger partial charge in [0.2, 0.25) is 15.9 Å². The number of hydrogen-bond donors (Lipinski definition) is 1. The number of fused-ring (bicyclic) bond motifs is 1. The van der Waals surface area contributed by atoms with E-state index in [1.165, 1.54) is 15.3 Å². The van der Waals surface area contributed by atoms with Gasteiger partial charge in [-0.3, -0.25) is 19.3 Å². The number of sulfonamides is 1.